The van der Waals surface area contributed by atoms with Gasteiger partial charge >= 0.3 is 0 Å². The fourth-order valence-corrected chi connectivity index (χ4v) is 8.61. The molecule has 2 aromatic heterocycles. The monoisotopic (exact) mass is 668 g/mol. The topological polar surface area (TPSA) is 76.8 Å². The SMILES string of the molecule is C=C(CC(C)(C)C)Nc1nn2c(c1C(C)C)CC1(CC2)CC(F)(F)C1.CC(C)(C)CC(=O)Nc1nc2n(c1C1CCCCC1)CCCC2. The van der Waals surface area contributed by atoms with Crippen molar-refractivity contribution in [3.8, 4) is 0 Å². The van der Waals surface area contributed by atoms with Crippen LogP contribution in [0.15, 0.2) is 12.3 Å². The molecule has 4 heterocycles. The van der Waals surface area contributed by atoms with Crippen molar-refractivity contribution in [1.82, 2.24) is 19.3 Å². The Balaban J connectivity index is 0.000000188. The number of anilines is 2. The Labute approximate surface area is 288 Å². The van der Waals surface area contributed by atoms with Gasteiger partial charge in [-0.25, -0.2) is 13.8 Å². The van der Waals surface area contributed by atoms with E-state index in [0.29, 0.717) is 18.3 Å². The molecular weight excluding hydrogens is 606 g/mol. The Bertz CT molecular complexity index is 1460. The van der Waals surface area contributed by atoms with Crippen molar-refractivity contribution in [2.45, 2.75) is 176 Å². The molecule has 1 spiro atoms. The van der Waals surface area contributed by atoms with Gasteiger partial charge in [0.1, 0.15) is 5.82 Å². The minimum atomic E-state index is -2.47. The Hall–Kier alpha value is -2.71. The number of amides is 1. The summed E-state index contributed by atoms with van der Waals surface area (Å²) in [5.74, 6) is 1.42. The molecule has 0 aromatic carbocycles. The van der Waals surface area contributed by atoms with E-state index in [0.717, 1.165) is 61.8 Å². The van der Waals surface area contributed by atoms with Crippen molar-refractivity contribution in [3.63, 3.8) is 0 Å². The summed E-state index contributed by atoms with van der Waals surface area (Å²) >= 11 is 0. The largest absolute Gasteiger partial charge is 0.343 e. The van der Waals surface area contributed by atoms with Gasteiger partial charge in [-0.15, -0.1) is 0 Å². The number of carbonyl (C=O) groups excluding carboxylic acids is 1. The smallest absolute Gasteiger partial charge is 0.249 e. The predicted molar refractivity (Wildman–Crippen MR) is 192 cm³/mol. The Morgan fingerprint density at radius 3 is 2.21 bits per heavy atom. The summed E-state index contributed by atoms with van der Waals surface area (Å²) < 4.78 is 31.4. The van der Waals surface area contributed by atoms with Crippen LogP contribution in [0.2, 0.25) is 0 Å². The number of aromatic nitrogens is 4. The van der Waals surface area contributed by atoms with E-state index in [1.165, 1.54) is 62.0 Å². The normalized spacial score (nSPS) is 20.3. The van der Waals surface area contributed by atoms with Crippen LogP contribution < -0.4 is 10.6 Å². The number of imidazole rings is 1. The van der Waals surface area contributed by atoms with Crippen molar-refractivity contribution < 1.29 is 13.6 Å². The molecule has 2 aromatic rings. The maximum atomic E-state index is 13.5. The molecule has 0 saturated heterocycles. The van der Waals surface area contributed by atoms with E-state index in [1.807, 2.05) is 4.68 Å². The molecule has 4 aliphatic rings. The zero-order valence-corrected chi connectivity index (χ0v) is 31.1. The number of allylic oxidation sites excluding steroid dienone is 1. The molecule has 2 aliphatic carbocycles. The van der Waals surface area contributed by atoms with E-state index in [1.54, 1.807) is 0 Å². The van der Waals surface area contributed by atoms with E-state index >= 15 is 0 Å². The zero-order chi connectivity index (χ0) is 35.1. The van der Waals surface area contributed by atoms with Gasteiger partial charge in [0.2, 0.25) is 11.8 Å². The van der Waals surface area contributed by atoms with Crippen molar-refractivity contribution in [2.75, 3.05) is 10.6 Å². The Morgan fingerprint density at radius 1 is 0.938 bits per heavy atom. The third-order valence-electron chi connectivity index (χ3n) is 10.4. The molecule has 7 nitrogen and oxygen atoms in total. The number of nitrogens with one attached hydrogen (secondary N) is 2. The van der Waals surface area contributed by atoms with Gasteiger partial charge in [-0.05, 0) is 67.1 Å². The molecule has 6 rings (SSSR count). The minimum Gasteiger partial charge on any atom is -0.343 e. The first kappa shape index (κ1) is 36.6. The second-order valence-electron chi connectivity index (χ2n) is 18.2. The molecule has 0 unspecified atom stereocenters. The van der Waals surface area contributed by atoms with E-state index in [9.17, 15) is 13.6 Å². The van der Waals surface area contributed by atoms with Crippen molar-refractivity contribution >= 4 is 17.5 Å². The van der Waals surface area contributed by atoms with Crippen LogP contribution in [0.1, 0.15) is 167 Å². The van der Waals surface area contributed by atoms with Gasteiger partial charge in [-0.2, -0.15) is 5.10 Å². The van der Waals surface area contributed by atoms with Crippen LogP contribution >= 0.6 is 0 Å². The molecule has 0 radical (unpaired) electrons. The number of hydrogen-bond donors (Lipinski definition) is 2. The van der Waals surface area contributed by atoms with Gasteiger partial charge in [0, 0.05) is 61.6 Å². The van der Waals surface area contributed by atoms with Crippen molar-refractivity contribution in [3.05, 3.63) is 35.1 Å². The van der Waals surface area contributed by atoms with Crippen molar-refractivity contribution in [1.29, 1.82) is 0 Å². The number of aryl methyl sites for hydroxylation is 2. The molecule has 1 amide bonds. The second-order valence-corrected chi connectivity index (χ2v) is 18.2. The molecule has 2 N–H and O–H groups in total. The van der Waals surface area contributed by atoms with Crippen LogP contribution in [0.25, 0.3) is 0 Å². The lowest BCUT2D eigenvalue weighted by atomic mass is 9.60. The van der Waals surface area contributed by atoms with Gasteiger partial charge in [0.05, 0.1) is 5.69 Å². The summed E-state index contributed by atoms with van der Waals surface area (Å²) in [6.07, 6.45) is 12.9. The van der Waals surface area contributed by atoms with E-state index in [-0.39, 0.29) is 35.0 Å². The first-order valence-corrected chi connectivity index (χ1v) is 18.7. The Morgan fingerprint density at radius 2 is 1.60 bits per heavy atom. The molecular formula is C39H62F2N6O. The molecule has 2 fully saturated rings. The van der Waals surface area contributed by atoms with Crippen LogP contribution in [0, 0.1) is 16.2 Å². The van der Waals surface area contributed by atoms with Gasteiger partial charge < -0.3 is 15.2 Å². The first-order chi connectivity index (χ1) is 22.3. The van der Waals surface area contributed by atoms with Crippen LogP contribution in [0.4, 0.5) is 20.4 Å². The quantitative estimate of drug-likeness (QED) is 0.308. The number of halogens is 2. The third-order valence-corrected chi connectivity index (χ3v) is 10.4. The van der Waals surface area contributed by atoms with Crippen molar-refractivity contribution in [2.24, 2.45) is 16.2 Å². The molecule has 2 saturated carbocycles. The highest BCUT2D eigenvalue weighted by molar-refractivity contribution is 5.90. The summed E-state index contributed by atoms with van der Waals surface area (Å²) in [5, 5.41) is 11.3. The van der Waals surface area contributed by atoms with E-state index in [4.69, 9.17) is 10.1 Å². The summed E-state index contributed by atoms with van der Waals surface area (Å²) in [6, 6.07) is 0. The lowest BCUT2D eigenvalue weighted by Gasteiger charge is -2.49. The highest BCUT2D eigenvalue weighted by Crippen LogP contribution is 2.58. The van der Waals surface area contributed by atoms with Gasteiger partial charge in [-0.3, -0.25) is 9.48 Å². The number of rotatable bonds is 7. The molecule has 268 valence electrons. The third kappa shape index (κ3) is 8.90. The number of carbonyl (C=O) groups is 1. The van der Waals surface area contributed by atoms with Gasteiger partial charge in [0.25, 0.3) is 0 Å². The number of hydrogen-bond acceptors (Lipinski definition) is 4. The summed E-state index contributed by atoms with van der Waals surface area (Å²) in [7, 11) is 0. The highest BCUT2D eigenvalue weighted by atomic mass is 19.3. The van der Waals surface area contributed by atoms with Crippen LogP contribution in [-0.4, -0.2) is 31.2 Å². The molecule has 9 heteroatoms. The summed E-state index contributed by atoms with van der Waals surface area (Å²) in [6.45, 7) is 23.1. The summed E-state index contributed by atoms with van der Waals surface area (Å²) in [5.41, 5.74) is 4.53. The predicted octanol–water partition coefficient (Wildman–Crippen LogP) is 10.4. The average molecular weight is 669 g/mol. The fraction of sp³-hybridized carbons (Fsp3) is 0.769. The zero-order valence-electron chi connectivity index (χ0n) is 31.1. The number of nitrogens with zero attached hydrogens (tertiary/aromatic N) is 4. The van der Waals surface area contributed by atoms with Gasteiger partial charge in [-0.1, -0.05) is 81.2 Å². The standard InChI is InChI=1S/C20H31F2N3.C19H31N3O/c1-13(2)16-15-10-19(11-20(21,22)12-19)7-8-25(15)24-17(16)23-14(3)9-18(4,5)6;1-19(2,3)13-16(23)21-18-17(14-9-5-4-6-10-14)22-12-8-7-11-15(22)20-18/h13H,3,7-12H2,1-2,4-6H3,(H,23,24);14H,4-13H2,1-3H3,(H,21,23). The molecule has 0 atom stereocenters. The van der Waals surface area contributed by atoms with E-state index < -0.39 is 5.92 Å². The van der Waals surface area contributed by atoms with Crippen LogP contribution in [0.5, 0.6) is 0 Å². The molecule has 2 aliphatic heterocycles. The second kappa shape index (κ2) is 13.9. The molecule has 48 heavy (non-hydrogen) atoms. The summed E-state index contributed by atoms with van der Waals surface area (Å²) in [4.78, 5) is 17.2. The first-order valence-electron chi connectivity index (χ1n) is 18.7. The molecule has 0 bridgehead atoms. The lowest BCUT2D eigenvalue weighted by Crippen LogP contribution is -2.50. The van der Waals surface area contributed by atoms with Crippen LogP contribution in [0.3, 0.4) is 0 Å². The maximum Gasteiger partial charge on any atom is 0.249 e. The average Bonchev–Trinajstić information content (AvgIpc) is 3.47. The number of fused-ring (bicyclic) bond motifs is 2. The fourth-order valence-electron chi connectivity index (χ4n) is 8.61. The van der Waals surface area contributed by atoms with Crippen LogP contribution in [-0.2, 0) is 30.7 Å². The minimum absolute atomic E-state index is 0.00837. The number of alkyl halides is 2. The Kier molecular flexibility index (Phi) is 10.6. The highest BCUT2D eigenvalue weighted by Gasteiger charge is 2.57. The van der Waals surface area contributed by atoms with Gasteiger partial charge in [0.15, 0.2) is 11.6 Å². The maximum absolute atomic E-state index is 13.5. The van der Waals surface area contributed by atoms with E-state index in [2.05, 4.69) is 77.2 Å². The lowest BCUT2D eigenvalue weighted by molar-refractivity contribution is -0.169.